The van der Waals surface area contributed by atoms with E-state index < -0.39 is 0 Å². The molecule has 0 spiro atoms. The number of likely N-dealkylation sites (N-methyl/N-ethyl adjacent to an activating group) is 1. The molecular formula is C14H21ClN2O. The maximum atomic E-state index is 6.19. The van der Waals surface area contributed by atoms with Crippen molar-refractivity contribution in [3.8, 4) is 0 Å². The van der Waals surface area contributed by atoms with Gasteiger partial charge < -0.3 is 15.4 Å². The molecule has 0 amide bonds. The highest BCUT2D eigenvalue weighted by Crippen LogP contribution is 2.19. The van der Waals surface area contributed by atoms with Gasteiger partial charge in [0.05, 0.1) is 6.61 Å². The smallest absolute Gasteiger partial charge is 0.0622 e. The number of hydrogen-bond donors (Lipinski definition) is 1. The van der Waals surface area contributed by atoms with E-state index in [1.807, 2.05) is 24.3 Å². The predicted octanol–water partition coefficient (Wildman–Crippen LogP) is 2.45. The second-order valence-electron chi connectivity index (χ2n) is 4.95. The first-order chi connectivity index (χ1) is 8.66. The van der Waals surface area contributed by atoms with Gasteiger partial charge in [0.2, 0.25) is 0 Å². The third kappa shape index (κ3) is 3.69. The predicted molar refractivity (Wildman–Crippen MR) is 74.9 cm³/mol. The van der Waals surface area contributed by atoms with Gasteiger partial charge in [-0.15, -0.1) is 0 Å². The number of nitrogens with two attached hydrogens (primary N) is 1. The van der Waals surface area contributed by atoms with Crippen molar-refractivity contribution in [1.82, 2.24) is 4.90 Å². The molecular weight excluding hydrogens is 248 g/mol. The highest BCUT2D eigenvalue weighted by molar-refractivity contribution is 6.30. The van der Waals surface area contributed by atoms with E-state index in [0.717, 1.165) is 43.2 Å². The lowest BCUT2D eigenvalue weighted by atomic mass is 10.0. The van der Waals surface area contributed by atoms with Crippen LogP contribution in [0.1, 0.15) is 24.4 Å². The van der Waals surface area contributed by atoms with Crippen molar-refractivity contribution in [1.29, 1.82) is 0 Å². The molecule has 2 unspecified atom stereocenters. The molecule has 1 heterocycles. The summed E-state index contributed by atoms with van der Waals surface area (Å²) >= 11 is 5.97. The van der Waals surface area contributed by atoms with Gasteiger partial charge in [-0.1, -0.05) is 23.7 Å². The summed E-state index contributed by atoms with van der Waals surface area (Å²) in [4.78, 5) is 2.34. The van der Waals surface area contributed by atoms with Gasteiger partial charge in [0.15, 0.2) is 0 Å². The topological polar surface area (TPSA) is 38.5 Å². The van der Waals surface area contributed by atoms with Crippen LogP contribution in [0.3, 0.4) is 0 Å². The summed E-state index contributed by atoms with van der Waals surface area (Å²) < 4.78 is 5.40. The van der Waals surface area contributed by atoms with E-state index in [4.69, 9.17) is 22.1 Å². The van der Waals surface area contributed by atoms with E-state index in [2.05, 4.69) is 11.9 Å². The molecule has 1 aliphatic rings. The van der Waals surface area contributed by atoms with Gasteiger partial charge in [0, 0.05) is 30.3 Å². The molecule has 18 heavy (non-hydrogen) atoms. The molecule has 1 aromatic carbocycles. The molecule has 0 aromatic heterocycles. The first-order valence-electron chi connectivity index (χ1n) is 6.46. The molecule has 4 heteroatoms. The third-order valence-corrected chi connectivity index (χ3v) is 3.83. The van der Waals surface area contributed by atoms with Crippen molar-refractivity contribution in [2.75, 3.05) is 26.8 Å². The molecule has 3 nitrogen and oxygen atoms in total. The van der Waals surface area contributed by atoms with E-state index in [9.17, 15) is 0 Å². The van der Waals surface area contributed by atoms with Crippen LogP contribution in [0.5, 0.6) is 0 Å². The zero-order valence-electron chi connectivity index (χ0n) is 10.8. The normalized spacial score (nSPS) is 21.4. The summed E-state index contributed by atoms with van der Waals surface area (Å²) in [5.41, 5.74) is 7.30. The largest absolute Gasteiger partial charge is 0.380 e. The van der Waals surface area contributed by atoms with Crippen molar-refractivity contribution in [3.63, 3.8) is 0 Å². The Kier molecular flexibility index (Phi) is 5.01. The van der Waals surface area contributed by atoms with Crippen molar-refractivity contribution in [3.05, 3.63) is 34.9 Å². The van der Waals surface area contributed by atoms with Gasteiger partial charge in [-0.05, 0) is 37.6 Å². The van der Waals surface area contributed by atoms with E-state index in [0.29, 0.717) is 6.04 Å². The number of hydrogen-bond acceptors (Lipinski definition) is 3. The summed E-state index contributed by atoms with van der Waals surface area (Å²) in [5.74, 6) is 0. The number of rotatable bonds is 5. The Morgan fingerprint density at radius 1 is 1.56 bits per heavy atom. The van der Waals surface area contributed by atoms with Crippen LogP contribution in [-0.2, 0) is 4.74 Å². The molecule has 0 aliphatic carbocycles. The van der Waals surface area contributed by atoms with Crippen molar-refractivity contribution in [2.45, 2.75) is 24.9 Å². The van der Waals surface area contributed by atoms with E-state index >= 15 is 0 Å². The second kappa shape index (κ2) is 6.53. The maximum Gasteiger partial charge on any atom is 0.0622 e. The minimum atomic E-state index is 0.0495. The summed E-state index contributed by atoms with van der Waals surface area (Å²) in [6, 6.07) is 8.41. The zero-order valence-corrected chi connectivity index (χ0v) is 11.6. The minimum Gasteiger partial charge on any atom is -0.380 e. The maximum absolute atomic E-state index is 6.19. The Bertz CT molecular complexity index is 380. The van der Waals surface area contributed by atoms with Crippen LogP contribution in [0, 0.1) is 0 Å². The van der Waals surface area contributed by atoms with Crippen LogP contribution >= 0.6 is 11.6 Å². The van der Waals surface area contributed by atoms with Crippen LogP contribution in [-0.4, -0.2) is 37.7 Å². The fraction of sp³-hybridized carbons (Fsp3) is 0.571. The van der Waals surface area contributed by atoms with Crippen LogP contribution in [0.25, 0.3) is 0 Å². The average molecular weight is 269 g/mol. The molecule has 1 saturated heterocycles. The Morgan fingerprint density at radius 2 is 2.39 bits per heavy atom. The van der Waals surface area contributed by atoms with Crippen molar-refractivity contribution >= 4 is 11.6 Å². The van der Waals surface area contributed by atoms with Gasteiger partial charge in [0.1, 0.15) is 0 Å². The van der Waals surface area contributed by atoms with Gasteiger partial charge in [-0.25, -0.2) is 0 Å². The zero-order chi connectivity index (χ0) is 13.0. The lowest BCUT2D eigenvalue weighted by molar-refractivity contribution is 0.157. The number of nitrogens with zero attached hydrogens (tertiary/aromatic N) is 1. The first-order valence-corrected chi connectivity index (χ1v) is 6.83. The SMILES string of the molecule is CN(CCC(N)c1cccc(Cl)c1)C1CCOC1. The molecule has 0 bridgehead atoms. The van der Waals surface area contributed by atoms with Crippen LogP contribution in [0.2, 0.25) is 5.02 Å². The second-order valence-corrected chi connectivity index (χ2v) is 5.38. The molecule has 2 atom stereocenters. The van der Waals surface area contributed by atoms with Crippen molar-refractivity contribution in [2.24, 2.45) is 5.73 Å². The van der Waals surface area contributed by atoms with Gasteiger partial charge in [-0.2, -0.15) is 0 Å². The lowest BCUT2D eigenvalue weighted by Gasteiger charge is -2.24. The van der Waals surface area contributed by atoms with Gasteiger partial charge in [0.25, 0.3) is 0 Å². The fourth-order valence-corrected chi connectivity index (χ4v) is 2.50. The third-order valence-electron chi connectivity index (χ3n) is 3.60. The Morgan fingerprint density at radius 3 is 3.06 bits per heavy atom. The number of benzene rings is 1. The molecule has 2 rings (SSSR count). The minimum absolute atomic E-state index is 0.0495. The summed E-state index contributed by atoms with van der Waals surface area (Å²) in [6.45, 7) is 2.72. The highest BCUT2D eigenvalue weighted by atomic mass is 35.5. The molecule has 100 valence electrons. The highest BCUT2D eigenvalue weighted by Gasteiger charge is 2.20. The summed E-state index contributed by atoms with van der Waals surface area (Å²) in [7, 11) is 2.14. The standard InChI is InChI=1S/C14H21ClN2O/c1-17(13-6-8-18-10-13)7-5-14(16)11-3-2-4-12(15)9-11/h2-4,9,13-14H,5-8,10,16H2,1H3. The van der Waals surface area contributed by atoms with Crippen LogP contribution in [0.4, 0.5) is 0 Å². The molecule has 2 N–H and O–H groups in total. The molecule has 0 saturated carbocycles. The van der Waals surface area contributed by atoms with Crippen molar-refractivity contribution < 1.29 is 4.74 Å². The molecule has 0 radical (unpaired) electrons. The monoisotopic (exact) mass is 268 g/mol. The molecule has 1 aromatic rings. The summed E-state index contributed by atoms with van der Waals surface area (Å²) in [6.07, 6.45) is 2.07. The number of halogens is 1. The quantitative estimate of drug-likeness (QED) is 0.892. The first kappa shape index (κ1) is 13.8. The van der Waals surface area contributed by atoms with E-state index in [-0.39, 0.29) is 6.04 Å². The lowest BCUT2D eigenvalue weighted by Crippen LogP contribution is -2.34. The van der Waals surface area contributed by atoms with E-state index in [1.54, 1.807) is 0 Å². The Labute approximate surface area is 114 Å². The summed E-state index contributed by atoms with van der Waals surface area (Å²) in [5, 5.41) is 0.750. The fourth-order valence-electron chi connectivity index (χ4n) is 2.30. The number of ether oxygens (including phenoxy) is 1. The average Bonchev–Trinajstić information content (AvgIpc) is 2.89. The van der Waals surface area contributed by atoms with Crippen LogP contribution in [0.15, 0.2) is 24.3 Å². The van der Waals surface area contributed by atoms with Gasteiger partial charge >= 0.3 is 0 Å². The van der Waals surface area contributed by atoms with E-state index in [1.165, 1.54) is 0 Å². The van der Waals surface area contributed by atoms with Crippen LogP contribution < -0.4 is 5.73 Å². The Hall–Kier alpha value is -0.610. The molecule has 1 fully saturated rings. The van der Waals surface area contributed by atoms with Gasteiger partial charge in [-0.3, -0.25) is 0 Å². The molecule has 1 aliphatic heterocycles. The Balaban J connectivity index is 1.82.